The maximum atomic E-state index is 11.3. The van der Waals surface area contributed by atoms with Gasteiger partial charge in [-0.05, 0) is 47.5 Å². The Morgan fingerprint density at radius 2 is 1.85 bits per heavy atom. The van der Waals surface area contributed by atoms with Gasteiger partial charge in [-0.3, -0.25) is 4.98 Å². The van der Waals surface area contributed by atoms with Crippen LogP contribution in [0.25, 0.3) is 0 Å². The van der Waals surface area contributed by atoms with E-state index < -0.39 is 5.97 Å². The molecule has 5 nitrogen and oxygen atoms in total. The normalized spacial score (nSPS) is 12.7. The van der Waals surface area contributed by atoms with Crippen molar-refractivity contribution >= 4 is 46.2 Å². The highest BCUT2D eigenvalue weighted by Gasteiger charge is 2.20. The number of fused-ring (bicyclic) bond motifs is 1. The fraction of sp³-hybridized carbons (Fsp3) is 0.100. The Hall–Kier alpha value is -2.76. The first-order valence-corrected chi connectivity index (χ1v) is 9.03. The van der Waals surface area contributed by atoms with E-state index in [9.17, 15) is 9.90 Å². The number of aromatic carboxylic acids is 1. The van der Waals surface area contributed by atoms with Crippen molar-refractivity contribution < 1.29 is 9.90 Å². The van der Waals surface area contributed by atoms with Gasteiger partial charge in [-0.1, -0.05) is 29.3 Å². The zero-order valence-corrected chi connectivity index (χ0v) is 15.6. The number of aromatic nitrogens is 1. The summed E-state index contributed by atoms with van der Waals surface area (Å²) in [6.45, 7) is 1.52. The zero-order chi connectivity index (χ0) is 19.0. The van der Waals surface area contributed by atoms with Gasteiger partial charge < -0.3 is 15.3 Å². The van der Waals surface area contributed by atoms with Crippen LogP contribution in [0, 0.1) is 0 Å². The molecule has 3 aromatic rings. The quantitative estimate of drug-likeness (QED) is 0.618. The van der Waals surface area contributed by atoms with Gasteiger partial charge >= 0.3 is 5.97 Å². The Labute approximate surface area is 166 Å². The van der Waals surface area contributed by atoms with E-state index in [4.69, 9.17) is 23.2 Å². The van der Waals surface area contributed by atoms with Gasteiger partial charge in [0.15, 0.2) is 0 Å². The van der Waals surface area contributed by atoms with Crippen LogP contribution >= 0.6 is 23.2 Å². The van der Waals surface area contributed by atoms with Gasteiger partial charge in [-0.2, -0.15) is 0 Å². The molecule has 0 bridgehead atoms. The van der Waals surface area contributed by atoms with E-state index in [1.807, 2.05) is 24.3 Å². The van der Waals surface area contributed by atoms with Crippen LogP contribution in [0.3, 0.4) is 0 Å². The molecular formula is C20H15Cl2N3O2. The molecule has 2 N–H and O–H groups in total. The summed E-state index contributed by atoms with van der Waals surface area (Å²) in [5.41, 5.74) is 4.89. The van der Waals surface area contributed by atoms with Crippen molar-refractivity contribution in [2.75, 3.05) is 10.2 Å². The number of nitrogens with one attached hydrogen (secondary N) is 1. The van der Waals surface area contributed by atoms with Crippen LogP contribution in [0.15, 0.2) is 54.9 Å². The Balaban J connectivity index is 1.57. The molecule has 0 spiro atoms. The molecule has 7 heteroatoms. The molecule has 1 aromatic heterocycles. The predicted molar refractivity (Wildman–Crippen MR) is 107 cm³/mol. The summed E-state index contributed by atoms with van der Waals surface area (Å²) in [6.07, 6.45) is 2.90. The average molecular weight is 400 g/mol. The van der Waals surface area contributed by atoms with E-state index in [0.717, 1.165) is 24.5 Å². The van der Waals surface area contributed by atoms with Gasteiger partial charge in [0.05, 0.1) is 15.7 Å². The molecule has 0 radical (unpaired) electrons. The van der Waals surface area contributed by atoms with Crippen molar-refractivity contribution in [2.45, 2.75) is 13.1 Å². The van der Waals surface area contributed by atoms with Crippen LogP contribution in [-0.2, 0) is 13.1 Å². The highest BCUT2D eigenvalue weighted by molar-refractivity contribution is 6.42. The van der Waals surface area contributed by atoms with Gasteiger partial charge in [0, 0.05) is 36.9 Å². The fourth-order valence-corrected chi connectivity index (χ4v) is 3.46. The lowest BCUT2D eigenvalue weighted by Gasteiger charge is -2.18. The Bertz CT molecular complexity index is 1040. The second-order valence-corrected chi connectivity index (χ2v) is 7.10. The third-order valence-electron chi connectivity index (χ3n) is 4.53. The second-order valence-electron chi connectivity index (χ2n) is 6.29. The first-order valence-electron chi connectivity index (χ1n) is 8.27. The molecule has 4 rings (SSSR count). The van der Waals surface area contributed by atoms with E-state index in [0.29, 0.717) is 15.7 Å². The van der Waals surface area contributed by atoms with Gasteiger partial charge in [0.2, 0.25) is 0 Å². The van der Waals surface area contributed by atoms with Crippen LogP contribution in [-0.4, -0.2) is 16.1 Å². The van der Waals surface area contributed by atoms with Crippen LogP contribution in [0.2, 0.25) is 10.0 Å². The van der Waals surface area contributed by atoms with Crippen LogP contribution < -0.4 is 10.2 Å². The number of anilines is 3. The summed E-state index contributed by atoms with van der Waals surface area (Å²) in [5, 5.41) is 13.5. The number of nitrogens with zero attached hydrogens (tertiary/aromatic N) is 2. The van der Waals surface area contributed by atoms with Crippen molar-refractivity contribution in [2.24, 2.45) is 0 Å². The molecule has 136 valence electrons. The van der Waals surface area contributed by atoms with Crippen molar-refractivity contribution in [1.29, 1.82) is 0 Å². The third kappa shape index (κ3) is 3.56. The first kappa shape index (κ1) is 17.6. The Kier molecular flexibility index (Phi) is 4.64. The first-order chi connectivity index (χ1) is 13.0. The molecule has 0 fully saturated rings. The maximum absolute atomic E-state index is 11.3. The minimum Gasteiger partial charge on any atom is -0.478 e. The smallest absolute Gasteiger partial charge is 0.339 e. The molecule has 1 aliphatic rings. The molecule has 0 saturated carbocycles. The number of pyridine rings is 1. The van der Waals surface area contributed by atoms with E-state index in [2.05, 4.69) is 21.3 Å². The standard InChI is InChI=1S/C20H15Cl2N3O2/c21-17-4-3-15(8-18(17)22)25-10-12-1-2-14(7-13(12)11-25)24-19-5-6-23-9-16(19)20(26)27/h1-9H,10-11H2,(H,23,24)(H,26,27). The predicted octanol–water partition coefficient (Wildman–Crippen LogP) is 5.35. The van der Waals surface area contributed by atoms with Gasteiger partial charge in [0.1, 0.15) is 5.56 Å². The fourth-order valence-electron chi connectivity index (χ4n) is 3.17. The van der Waals surface area contributed by atoms with Gasteiger partial charge in [-0.15, -0.1) is 0 Å². The monoisotopic (exact) mass is 399 g/mol. The van der Waals surface area contributed by atoms with E-state index in [1.165, 1.54) is 17.3 Å². The number of halogens is 2. The summed E-state index contributed by atoms with van der Waals surface area (Å²) >= 11 is 12.1. The van der Waals surface area contributed by atoms with Crippen LogP contribution in [0.5, 0.6) is 0 Å². The lowest BCUT2D eigenvalue weighted by atomic mass is 10.1. The largest absolute Gasteiger partial charge is 0.478 e. The Morgan fingerprint density at radius 3 is 2.63 bits per heavy atom. The van der Waals surface area contributed by atoms with E-state index in [1.54, 1.807) is 18.3 Å². The van der Waals surface area contributed by atoms with Crippen molar-refractivity contribution in [3.8, 4) is 0 Å². The molecule has 0 unspecified atom stereocenters. The third-order valence-corrected chi connectivity index (χ3v) is 5.27. The molecule has 0 saturated heterocycles. The van der Waals surface area contributed by atoms with Crippen molar-refractivity contribution in [3.63, 3.8) is 0 Å². The minimum absolute atomic E-state index is 0.135. The summed E-state index contributed by atoms with van der Waals surface area (Å²) in [5.74, 6) is -1.02. The average Bonchev–Trinajstić information content (AvgIpc) is 3.07. The molecule has 0 atom stereocenters. The number of hydrogen-bond acceptors (Lipinski definition) is 4. The summed E-state index contributed by atoms with van der Waals surface area (Å²) in [7, 11) is 0. The van der Waals surface area contributed by atoms with Gasteiger partial charge in [-0.25, -0.2) is 4.79 Å². The highest BCUT2D eigenvalue weighted by atomic mass is 35.5. The van der Waals surface area contributed by atoms with Crippen LogP contribution in [0.4, 0.5) is 17.1 Å². The summed E-state index contributed by atoms with van der Waals surface area (Å²) in [6, 6.07) is 13.3. The van der Waals surface area contributed by atoms with Gasteiger partial charge in [0.25, 0.3) is 0 Å². The highest BCUT2D eigenvalue weighted by Crippen LogP contribution is 2.34. The van der Waals surface area contributed by atoms with Crippen LogP contribution in [0.1, 0.15) is 21.5 Å². The zero-order valence-electron chi connectivity index (χ0n) is 14.1. The molecule has 1 aliphatic heterocycles. The van der Waals surface area contributed by atoms with Crippen molar-refractivity contribution in [1.82, 2.24) is 4.98 Å². The number of hydrogen-bond donors (Lipinski definition) is 2. The van der Waals surface area contributed by atoms with E-state index >= 15 is 0 Å². The minimum atomic E-state index is -1.02. The molecular weight excluding hydrogens is 385 g/mol. The SMILES string of the molecule is O=C(O)c1cnccc1Nc1ccc2c(c1)CN(c1ccc(Cl)c(Cl)c1)C2. The molecule has 2 aromatic carbocycles. The molecule has 27 heavy (non-hydrogen) atoms. The second kappa shape index (κ2) is 7.10. The number of carbonyl (C=O) groups is 1. The number of rotatable bonds is 4. The molecule has 2 heterocycles. The number of benzene rings is 2. The molecule has 0 aliphatic carbocycles. The topological polar surface area (TPSA) is 65.5 Å². The number of carboxylic acids is 1. The number of carboxylic acid groups (broad SMARTS) is 1. The summed E-state index contributed by atoms with van der Waals surface area (Å²) in [4.78, 5) is 17.4. The van der Waals surface area contributed by atoms with Crippen molar-refractivity contribution in [3.05, 3.63) is 81.6 Å². The molecule has 0 amide bonds. The van der Waals surface area contributed by atoms with E-state index in [-0.39, 0.29) is 5.56 Å². The maximum Gasteiger partial charge on any atom is 0.339 e. The lowest BCUT2D eigenvalue weighted by Crippen LogP contribution is -2.14. The summed E-state index contributed by atoms with van der Waals surface area (Å²) < 4.78 is 0. The Morgan fingerprint density at radius 1 is 1.04 bits per heavy atom. The lowest BCUT2D eigenvalue weighted by molar-refractivity contribution is 0.0697.